The molecule has 3 heterocycles. The van der Waals surface area contributed by atoms with Gasteiger partial charge in [0.2, 0.25) is 5.91 Å². The van der Waals surface area contributed by atoms with Gasteiger partial charge in [-0.05, 0) is 37.5 Å². The smallest absolute Gasteiger partial charge is 0.226 e. The van der Waals surface area contributed by atoms with Gasteiger partial charge in [0.25, 0.3) is 0 Å². The number of sulfone groups is 1. The fourth-order valence-electron chi connectivity index (χ4n) is 4.04. The number of carbonyl (C=O) groups excluding carboxylic acids is 2. The van der Waals surface area contributed by atoms with Crippen LogP contribution in [-0.4, -0.2) is 62.8 Å². The molecule has 2 saturated heterocycles. The monoisotopic (exact) mass is 393 g/mol. The van der Waals surface area contributed by atoms with Crippen molar-refractivity contribution in [3.63, 3.8) is 0 Å². The first-order chi connectivity index (χ1) is 12.9. The summed E-state index contributed by atoms with van der Waals surface area (Å²) in [6, 6.07) is 5.26. The summed E-state index contributed by atoms with van der Waals surface area (Å²) in [6.45, 7) is 1.98. The zero-order valence-corrected chi connectivity index (χ0v) is 15.9. The van der Waals surface area contributed by atoms with Gasteiger partial charge in [-0.3, -0.25) is 9.59 Å². The summed E-state index contributed by atoms with van der Waals surface area (Å²) in [5.41, 5.74) is 0.603. The Kier molecular flexibility index (Phi) is 4.84. The predicted octanol–water partition coefficient (Wildman–Crippen LogP) is 1.31. The van der Waals surface area contributed by atoms with Crippen LogP contribution in [0.3, 0.4) is 0 Å². The lowest BCUT2D eigenvalue weighted by atomic mass is 9.88. The van der Waals surface area contributed by atoms with Crippen molar-refractivity contribution < 1.29 is 27.5 Å². The maximum absolute atomic E-state index is 12.8. The molecule has 0 N–H and O–H groups in total. The first kappa shape index (κ1) is 18.3. The van der Waals surface area contributed by atoms with E-state index in [0.29, 0.717) is 62.6 Å². The highest BCUT2D eigenvalue weighted by Crippen LogP contribution is 2.33. The van der Waals surface area contributed by atoms with Crippen LogP contribution in [0.1, 0.15) is 29.6 Å². The maximum Gasteiger partial charge on any atom is 0.226 e. The second-order valence-corrected chi connectivity index (χ2v) is 9.65. The third-order valence-corrected chi connectivity index (χ3v) is 7.35. The molecule has 0 aromatic heterocycles. The normalized spacial score (nSPS) is 24.6. The number of rotatable bonds is 3. The first-order valence-corrected chi connectivity index (χ1v) is 11.2. The van der Waals surface area contributed by atoms with Gasteiger partial charge < -0.3 is 14.4 Å². The lowest BCUT2D eigenvalue weighted by Gasteiger charge is -2.33. The summed E-state index contributed by atoms with van der Waals surface area (Å²) < 4.78 is 34.2. The van der Waals surface area contributed by atoms with Crippen molar-refractivity contribution in [2.75, 3.05) is 37.8 Å². The van der Waals surface area contributed by atoms with Crippen LogP contribution in [0.4, 0.5) is 0 Å². The Bertz CT molecular complexity index is 857. The average Bonchev–Trinajstić information content (AvgIpc) is 3.06. The van der Waals surface area contributed by atoms with E-state index < -0.39 is 15.8 Å². The molecule has 3 aliphatic heterocycles. The number of carbonyl (C=O) groups is 2. The Hall–Kier alpha value is -2.09. The van der Waals surface area contributed by atoms with Crippen molar-refractivity contribution >= 4 is 21.5 Å². The van der Waals surface area contributed by atoms with Gasteiger partial charge in [-0.15, -0.1) is 0 Å². The minimum atomic E-state index is -3.07. The van der Waals surface area contributed by atoms with E-state index in [1.807, 2.05) is 0 Å². The highest BCUT2D eigenvalue weighted by Gasteiger charge is 2.37. The molecule has 1 amide bonds. The summed E-state index contributed by atoms with van der Waals surface area (Å²) in [4.78, 5) is 27.1. The molecule has 0 spiro atoms. The number of ether oxygens (including phenoxy) is 2. The van der Waals surface area contributed by atoms with Gasteiger partial charge in [0.1, 0.15) is 13.2 Å². The summed E-state index contributed by atoms with van der Waals surface area (Å²) in [5.74, 6) is 0.740. The predicted molar refractivity (Wildman–Crippen MR) is 97.8 cm³/mol. The molecule has 1 atom stereocenters. The molecular weight excluding hydrogens is 370 g/mol. The molecule has 8 heteroatoms. The van der Waals surface area contributed by atoms with E-state index in [1.165, 1.54) is 0 Å². The second-order valence-electron chi connectivity index (χ2n) is 7.42. The van der Waals surface area contributed by atoms with Crippen LogP contribution in [0.25, 0.3) is 0 Å². The van der Waals surface area contributed by atoms with Crippen LogP contribution in [0.15, 0.2) is 18.2 Å². The molecule has 0 unspecified atom stereocenters. The Morgan fingerprint density at radius 3 is 2.33 bits per heavy atom. The van der Waals surface area contributed by atoms with Crippen LogP contribution in [0, 0.1) is 11.8 Å². The fourth-order valence-corrected chi connectivity index (χ4v) is 5.77. The van der Waals surface area contributed by atoms with Crippen LogP contribution in [-0.2, 0) is 14.6 Å². The largest absolute Gasteiger partial charge is 0.486 e. The molecule has 2 fully saturated rings. The Labute approximate surface area is 158 Å². The van der Waals surface area contributed by atoms with Gasteiger partial charge in [-0.25, -0.2) is 8.42 Å². The Morgan fingerprint density at radius 1 is 0.963 bits per heavy atom. The molecule has 3 aliphatic rings. The lowest BCUT2D eigenvalue weighted by Crippen LogP contribution is -2.43. The minimum absolute atomic E-state index is 0.0398. The zero-order valence-electron chi connectivity index (χ0n) is 15.1. The Morgan fingerprint density at radius 2 is 1.67 bits per heavy atom. The minimum Gasteiger partial charge on any atom is -0.486 e. The number of nitrogens with zero attached hydrogens (tertiary/aromatic N) is 1. The molecular formula is C19H23NO6S. The Balaban J connectivity index is 1.36. The van der Waals surface area contributed by atoms with Gasteiger partial charge in [0.05, 0.1) is 17.4 Å². The molecule has 27 heavy (non-hydrogen) atoms. The number of piperidine rings is 1. The lowest BCUT2D eigenvalue weighted by molar-refractivity contribution is -0.136. The molecule has 0 bridgehead atoms. The van der Waals surface area contributed by atoms with Crippen molar-refractivity contribution in [1.29, 1.82) is 0 Å². The van der Waals surface area contributed by atoms with Crippen molar-refractivity contribution in [2.45, 2.75) is 19.3 Å². The zero-order chi connectivity index (χ0) is 19.0. The van der Waals surface area contributed by atoms with Gasteiger partial charge in [0, 0.05) is 24.6 Å². The van der Waals surface area contributed by atoms with E-state index >= 15 is 0 Å². The molecule has 1 aromatic carbocycles. The number of amides is 1. The third kappa shape index (κ3) is 3.81. The number of benzene rings is 1. The number of Topliss-reactive ketones (excluding diaryl/α,β-unsaturated/α-hetero) is 1. The molecule has 146 valence electrons. The van der Waals surface area contributed by atoms with E-state index in [1.54, 1.807) is 23.1 Å². The van der Waals surface area contributed by atoms with E-state index in [2.05, 4.69) is 0 Å². The van der Waals surface area contributed by atoms with Gasteiger partial charge >= 0.3 is 0 Å². The summed E-state index contributed by atoms with van der Waals surface area (Å²) in [5, 5.41) is 0. The van der Waals surface area contributed by atoms with Gasteiger partial charge in [-0.1, -0.05) is 0 Å². The first-order valence-electron chi connectivity index (χ1n) is 9.36. The van der Waals surface area contributed by atoms with Crippen molar-refractivity contribution in [1.82, 2.24) is 4.90 Å². The van der Waals surface area contributed by atoms with E-state index in [9.17, 15) is 18.0 Å². The second kappa shape index (κ2) is 7.14. The molecule has 0 saturated carbocycles. The maximum atomic E-state index is 12.8. The van der Waals surface area contributed by atoms with Crippen LogP contribution < -0.4 is 9.47 Å². The van der Waals surface area contributed by atoms with Crippen LogP contribution >= 0.6 is 0 Å². The highest BCUT2D eigenvalue weighted by atomic mass is 32.2. The van der Waals surface area contributed by atoms with Crippen molar-refractivity contribution in [3.8, 4) is 11.5 Å². The molecule has 0 radical (unpaired) electrons. The van der Waals surface area contributed by atoms with E-state index in [0.717, 1.165) is 0 Å². The number of likely N-dealkylation sites (tertiary alicyclic amines) is 1. The summed E-state index contributed by atoms with van der Waals surface area (Å²) >= 11 is 0. The van der Waals surface area contributed by atoms with E-state index in [-0.39, 0.29) is 29.1 Å². The fraction of sp³-hybridized carbons (Fsp3) is 0.579. The van der Waals surface area contributed by atoms with E-state index in [4.69, 9.17) is 9.47 Å². The summed E-state index contributed by atoms with van der Waals surface area (Å²) in [7, 11) is -3.07. The molecule has 4 rings (SSSR count). The van der Waals surface area contributed by atoms with Crippen LogP contribution in [0.2, 0.25) is 0 Å². The van der Waals surface area contributed by atoms with Crippen molar-refractivity contribution in [2.24, 2.45) is 11.8 Å². The number of hydrogen-bond donors (Lipinski definition) is 0. The molecule has 7 nitrogen and oxygen atoms in total. The number of ketones is 1. The van der Waals surface area contributed by atoms with Gasteiger partial charge in [0.15, 0.2) is 27.1 Å². The number of hydrogen-bond acceptors (Lipinski definition) is 6. The molecule has 1 aromatic rings. The summed E-state index contributed by atoms with van der Waals surface area (Å²) in [6.07, 6.45) is 1.61. The van der Waals surface area contributed by atoms with Crippen molar-refractivity contribution in [3.05, 3.63) is 23.8 Å². The average molecular weight is 393 g/mol. The third-order valence-electron chi connectivity index (χ3n) is 5.59. The van der Waals surface area contributed by atoms with Gasteiger partial charge in [-0.2, -0.15) is 0 Å². The van der Waals surface area contributed by atoms with Crippen LogP contribution in [0.5, 0.6) is 11.5 Å². The molecule has 0 aliphatic carbocycles. The standard InChI is InChI=1S/C19H23NO6S/c21-18(14-1-2-16-17(11-14)26-9-8-25-16)13-3-6-20(7-4-13)19(22)15-5-10-27(23,24)12-15/h1-2,11,13,15H,3-10,12H2/t15-/m0/s1. The number of fused-ring (bicyclic) bond motifs is 1. The topological polar surface area (TPSA) is 90.0 Å². The highest BCUT2D eigenvalue weighted by molar-refractivity contribution is 7.91. The SMILES string of the molecule is O=C(c1ccc2c(c1)OCCO2)C1CCN(C(=O)[C@H]2CCS(=O)(=O)C2)CC1. The quantitative estimate of drug-likeness (QED) is 0.720.